The van der Waals surface area contributed by atoms with Crippen LogP contribution in [0.5, 0.6) is 0 Å². The van der Waals surface area contributed by atoms with Gasteiger partial charge in [0.25, 0.3) is 0 Å². The van der Waals surface area contributed by atoms with Gasteiger partial charge < -0.3 is 14.8 Å². The Morgan fingerprint density at radius 2 is 2.27 bits per heavy atom. The van der Waals surface area contributed by atoms with Crippen LogP contribution in [-0.4, -0.2) is 56.5 Å². The van der Waals surface area contributed by atoms with Crippen LogP contribution in [0.3, 0.4) is 0 Å². The van der Waals surface area contributed by atoms with Crippen LogP contribution in [0, 0.1) is 0 Å². The maximum absolute atomic E-state index is 13.3. The first-order valence-corrected chi connectivity index (χ1v) is 9.18. The van der Waals surface area contributed by atoms with Crippen LogP contribution >= 0.6 is 0 Å². The zero-order valence-electron chi connectivity index (χ0n) is 13.2. The third-order valence-electron chi connectivity index (χ3n) is 4.87. The molecule has 7 heteroatoms. The van der Waals surface area contributed by atoms with Crippen molar-refractivity contribution >= 4 is 10.0 Å². The maximum Gasteiger partial charge on any atom is 0.226 e. The fourth-order valence-corrected chi connectivity index (χ4v) is 5.42. The molecule has 2 saturated heterocycles. The van der Waals surface area contributed by atoms with Crippen LogP contribution in [0.25, 0.3) is 0 Å². The van der Waals surface area contributed by atoms with Crippen molar-refractivity contribution in [3.8, 4) is 0 Å². The van der Waals surface area contributed by atoms with Crippen LogP contribution in [0.4, 0.5) is 0 Å². The Bertz CT molecular complexity index is 593. The molecule has 2 unspecified atom stereocenters. The summed E-state index contributed by atoms with van der Waals surface area (Å²) in [6.45, 7) is 4.12. The molecule has 2 fully saturated rings. The molecule has 124 valence electrons. The van der Waals surface area contributed by atoms with Crippen molar-refractivity contribution < 1.29 is 17.9 Å². The number of hydrogen-bond donors (Lipinski definition) is 1. The van der Waals surface area contributed by atoms with Crippen molar-refractivity contribution in [2.75, 3.05) is 33.4 Å². The highest BCUT2D eigenvalue weighted by atomic mass is 32.2. The van der Waals surface area contributed by atoms with E-state index in [1.807, 2.05) is 6.08 Å². The molecule has 0 aromatic heterocycles. The number of nitrogens with zero attached hydrogens (tertiary/aromatic N) is 1. The van der Waals surface area contributed by atoms with Crippen molar-refractivity contribution in [3.63, 3.8) is 0 Å². The Morgan fingerprint density at radius 3 is 2.86 bits per heavy atom. The summed E-state index contributed by atoms with van der Waals surface area (Å²) >= 11 is 0. The lowest BCUT2D eigenvalue weighted by atomic mass is 10.0. The molecule has 0 radical (unpaired) electrons. The van der Waals surface area contributed by atoms with Gasteiger partial charge in [0, 0.05) is 13.1 Å². The standard InChI is InChI=1S/C15H24N2O4S/c1-14(7-4-13(20-2)5-8-14)22(18,19)17-10-11-21-15(17)6-3-9-16-12-15/h4-5,7,16H,3,6,8-12H2,1-2H3. The predicted molar refractivity (Wildman–Crippen MR) is 83.7 cm³/mol. The van der Waals surface area contributed by atoms with E-state index in [-0.39, 0.29) is 0 Å². The molecule has 0 bridgehead atoms. The first kappa shape index (κ1) is 16.0. The average molecular weight is 328 g/mol. The van der Waals surface area contributed by atoms with E-state index in [9.17, 15) is 8.42 Å². The maximum atomic E-state index is 13.3. The van der Waals surface area contributed by atoms with Crippen molar-refractivity contribution in [1.82, 2.24) is 9.62 Å². The van der Waals surface area contributed by atoms with Gasteiger partial charge in [-0.15, -0.1) is 0 Å². The van der Waals surface area contributed by atoms with E-state index in [1.165, 1.54) is 0 Å². The van der Waals surface area contributed by atoms with E-state index in [0.717, 1.165) is 19.4 Å². The highest BCUT2D eigenvalue weighted by molar-refractivity contribution is 7.90. The lowest BCUT2D eigenvalue weighted by Crippen LogP contribution is -2.60. The summed E-state index contributed by atoms with van der Waals surface area (Å²) in [5.74, 6) is 0.708. The number of allylic oxidation sites excluding steroid dienone is 2. The van der Waals surface area contributed by atoms with Gasteiger partial charge in [-0.05, 0) is 44.9 Å². The van der Waals surface area contributed by atoms with Gasteiger partial charge in [0.05, 0.1) is 13.7 Å². The Kier molecular flexibility index (Phi) is 4.09. The van der Waals surface area contributed by atoms with E-state index in [2.05, 4.69) is 5.32 Å². The summed E-state index contributed by atoms with van der Waals surface area (Å²) in [5, 5.41) is 3.27. The van der Waals surface area contributed by atoms with Gasteiger partial charge in [0.1, 0.15) is 16.2 Å². The smallest absolute Gasteiger partial charge is 0.226 e. The lowest BCUT2D eigenvalue weighted by Gasteiger charge is -2.43. The first-order valence-electron chi connectivity index (χ1n) is 7.74. The Balaban J connectivity index is 1.90. The number of nitrogens with one attached hydrogen (secondary N) is 1. The minimum Gasteiger partial charge on any atom is -0.497 e. The van der Waals surface area contributed by atoms with Crippen LogP contribution < -0.4 is 5.32 Å². The first-order chi connectivity index (χ1) is 10.4. The van der Waals surface area contributed by atoms with Gasteiger partial charge in [-0.1, -0.05) is 6.08 Å². The van der Waals surface area contributed by atoms with Crippen LogP contribution in [-0.2, 0) is 19.5 Å². The quantitative estimate of drug-likeness (QED) is 0.836. The SMILES string of the molecule is COC1=CCC(C)(S(=O)(=O)N2CCOC23CCCNC3)C=C1. The molecular formula is C15H24N2O4S. The normalized spacial score (nSPS) is 36.5. The number of ether oxygens (including phenoxy) is 2. The van der Waals surface area contributed by atoms with Crippen LogP contribution in [0.1, 0.15) is 26.2 Å². The topological polar surface area (TPSA) is 67.9 Å². The van der Waals surface area contributed by atoms with Crippen molar-refractivity contribution in [2.24, 2.45) is 0 Å². The van der Waals surface area contributed by atoms with Gasteiger partial charge in [0.2, 0.25) is 10.0 Å². The molecule has 0 aromatic rings. The third-order valence-corrected chi connectivity index (χ3v) is 7.44. The Labute approximate surface area is 132 Å². The fraction of sp³-hybridized carbons (Fsp3) is 0.733. The van der Waals surface area contributed by atoms with E-state index >= 15 is 0 Å². The number of piperidine rings is 1. The van der Waals surface area contributed by atoms with E-state index < -0.39 is 20.5 Å². The number of methoxy groups -OCH3 is 1. The summed E-state index contributed by atoms with van der Waals surface area (Å²) < 4.78 is 38.2. The molecule has 3 aliphatic rings. The Morgan fingerprint density at radius 1 is 1.45 bits per heavy atom. The molecule has 1 N–H and O–H groups in total. The lowest BCUT2D eigenvalue weighted by molar-refractivity contribution is -0.0652. The highest BCUT2D eigenvalue weighted by Crippen LogP contribution is 2.39. The van der Waals surface area contributed by atoms with E-state index in [1.54, 1.807) is 30.5 Å². The van der Waals surface area contributed by atoms with Gasteiger partial charge >= 0.3 is 0 Å². The summed E-state index contributed by atoms with van der Waals surface area (Å²) in [7, 11) is -1.93. The highest BCUT2D eigenvalue weighted by Gasteiger charge is 2.54. The molecule has 22 heavy (non-hydrogen) atoms. The third kappa shape index (κ3) is 2.40. The number of sulfonamides is 1. The van der Waals surface area contributed by atoms with Crippen molar-refractivity contribution in [1.29, 1.82) is 0 Å². The monoisotopic (exact) mass is 328 g/mol. The van der Waals surface area contributed by atoms with E-state index in [4.69, 9.17) is 9.47 Å². The molecule has 2 aliphatic heterocycles. The van der Waals surface area contributed by atoms with Crippen LogP contribution in [0.2, 0.25) is 0 Å². The average Bonchev–Trinajstić information content (AvgIpc) is 2.92. The Hall–Kier alpha value is -0.890. The van der Waals surface area contributed by atoms with Gasteiger partial charge in [-0.25, -0.2) is 8.42 Å². The molecule has 3 rings (SSSR count). The molecule has 2 heterocycles. The van der Waals surface area contributed by atoms with Crippen molar-refractivity contribution in [3.05, 3.63) is 24.0 Å². The summed E-state index contributed by atoms with van der Waals surface area (Å²) in [5.41, 5.74) is -0.709. The molecule has 1 spiro atoms. The minimum absolute atomic E-state index is 0.412. The van der Waals surface area contributed by atoms with E-state index in [0.29, 0.717) is 31.9 Å². The molecule has 2 atom stereocenters. The largest absolute Gasteiger partial charge is 0.497 e. The van der Waals surface area contributed by atoms with Gasteiger partial charge in [0.15, 0.2) is 0 Å². The van der Waals surface area contributed by atoms with Crippen molar-refractivity contribution in [2.45, 2.75) is 36.7 Å². The molecule has 6 nitrogen and oxygen atoms in total. The zero-order valence-corrected chi connectivity index (χ0v) is 14.0. The second-order valence-corrected chi connectivity index (χ2v) is 8.64. The number of hydrogen-bond acceptors (Lipinski definition) is 5. The predicted octanol–water partition coefficient (Wildman–Crippen LogP) is 0.977. The van der Waals surface area contributed by atoms with Crippen LogP contribution in [0.15, 0.2) is 24.0 Å². The molecule has 0 amide bonds. The molecule has 0 aromatic carbocycles. The zero-order chi connectivity index (χ0) is 15.8. The number of rotatable bonds is 3. The van der Waals surface area contributed by atoms with Gasteiger partial charge in [-0.2, -0.15) is 4.31 Å². The molecule has 0 saturated carbocycles. The fourth-order valence-electron chi connectivity index (χ4n) is 3.42. The molecule has 1 aliphatic carbocycles. The summed E-state index contributed by atoms with van der Waals surface area (Å²) in [4.78, 5) is 0. The van der Waals surface area contributed by atoms with Gasteiger partial charge in [-0.3, -0.25) is 0 Å². The summed E-state index contributed by atoms with van der Waals surface area (Å²) in [6, 6.07) is 0. The summed E-state index contributed by atoms with van der Waals surface area (Å²) in [6.07, 6.45) is 7.40. The second-order valence-electron chi connectivity index (χ2n) is 6.31. The minimum atomic E-state index is -3.52. The second kappa shape index (κ2) is 5.63. The molecular weight excluding hydrogens is 304 g/mol.